The highest BCUT2D eigenvalue weighted by atomic mass is 79.9. The molecule has 108 valence electrons. The SMILES string of the molecule is Cc1ccc([N+](=O)[O-])c(NC(=O)c2cccc(Br)c2C)c1. The summed E-state index contributed by atoms with van der Waals surface area (Å²) in [6, 6.07) is 9.87. The molecule has 0 aliphatic carbocycles. The van der Waals surface area contributed by atoms with Crippen LogP contribution in [0.4, 0.5) is 11.4 Å². The lowest BCUT2D eigenvalue weighted by Crippen LogP contribution is -2.14. The monoisotopic (exact) mass is 348 g/mol. The molecule has 0 heterocycles. The Morgan fingerprint density at radius 2 is 1.95 bits per heavy atom. The molecule has 0 fully saturated rings. The van der Waals surface area contributed by atoms with Crippen LogP contribution in [0.5, 0.6) is 0 Å². The average Bonchev–Trinajstić information content (AvgIpc) is 2.41. The van der Waals surface area contributed by atoms with Gasteiger partial charge in [-0.1, -0.05) is 28.1 Å². The second-order valence-electron chi connectivity index (χ2n) is 4.64. The number of benzene rings is 2. The topological polar surface area (TPSA) is 72.2 Å². The van der Waals surface area contributed by atoms with Gasteiger partial charge in [-0.25, -0.2) is 0 Å². The summed E-state index contributed by atoms with van der Waals surface area (Å²) in [5, 5.41) is 13.6. The van der Waals surface area contributed by atoms with Crippen LogP contribution in [0.1, 0.15) is 21.5 Å². The van der Waals surface area contributed by atoms with Crippen molar-refractivity contribution in [1.29, 1.82) is 0 Å². The maximum absolute atomic E-state index is 12.3. The molecule has 21 heavy (non-hydrogen) atoms. The molecule has 2 aromatic carbocycles. The number of nitrogens with one attached hydrogen (secondary N) is 1. The number of anilines is 1. The third-order valence-electron chi connectivity index (χ3n) is 3.11. The summed E-state index contributed by atoms with van der Waals surface area (Å²) in [6.45, 7) is 3.62. The van der Waals surface area contributed by atoms with Crippen molar-refractivity contribution in [3.8, 4) is 0 Å². The Labute approximate surface area is 130 Å². The lowest BCUT2D eigenvalue weighted by atomic mass is 10.1. The summed E-state index contributed by atoms with van der Waals surface area (Å²) in [4.78, 5) is 22.8. The van der Waals surface area contributed by atoms with Crippen LogP contribution in [0.3, 0.4) is 0 Å². The van der Waals surface area contributed by atoms with Crippen LogP contribution in [-0.4, -0.2) is 10.8 Å². The summed E-state index contributed by atoms with van der Waals surface area (Å²) in [5.74, 6) is -0.373. The van der Waals surface area contributed by atoms with Gasteiger partial charge in [0.05, 0.1) is 4.92 Å². The summed E-state index contributed by atoms with van der Waals surface area (Å²) in [6.07, 6.45) is 0. The van der Waals surface area contributed by atoms with Crippen LogP contribution in [0.2, 0.25) is 0 Å². The molecule has 0 atom stereocenters. The molecule has 0 bridgehead atoms. The van der Waals surface area contributed by atoms with Crippen LogP contribution in [0.25, 0.3) is 0 Å². The van der Waals surface area contributed by atoms with Gasteiger partial charge in [-0.3, -0.25) is 14.9 Å². The molecule has 0 aliphatic heterocycles. The Balaban J connectivity index is 2.38. The minimum atomic E-state index is -0.511. The number of hydrogen-bond acceptors (Lipinski definition) is 3. The van der Waals surface area contributed by atoms with Crippen molar-refractivity contribution >= 4 is 33.2 Å². The summed E-state index contributed by atoms with van der Waals surface area (Å²) in [7, 11) is 0. The predicted molar refractivity (Wildman–Crippen MR) is 84.7 cm³/mol. The number of carbonyl (C=O) groups is 1. The molecule has 0 saturated carbocycles. The predicted octanol–water partition coefficient (Wildman–Crippen LogP) is 4.23. The first-order chi connectivity index (χ1) is 9.90. The smallest absolute Gasteiger partial charge is 0.292 e. The summed E-state index contributed by atoms with van der Waals surface area (Å²) < 4.78 is 0.814. The highest BCUT2D eigenvalue weighted by molar-refractivity contribution is 9.10. The molecular formula is C15H13BrN2O3. The van der Waals surface area contributed by atoms with E-state index < -0.39 is 4.92 Å². The lowest BCUT2D eigenvalue weighted by molar-refractivity contribution is -0.383. The third-order valence-corrected chi connectivity index (χ3v) is 3.97. The number of halogens is 1. The van der Waals surface area contributed by atoms with Gasteiger partial charge in [0.2, 0.25) is 0 Å². The van der Waals surface area contributed by atoms with Gasteiger partial charge in [0.1, 0.15) is 5.69 Å². The molecule has 5 nitrogen and oxygen atoms in total. The molecule has 0 spiro atoms. The Bertz CT molecular complexity index is 729. The Kier molecular flexibility index (Phi) is 4.37. The molecule has 0 radical (unpaired) electrons. The quantitative estimate of drug-likeness (QED) is 0.666. The first kappa shape index (κ1) is 15.2. The van der Waals surface area contributed by atoms with Crippen LogP contribution < -0.4 is 5.32 Å². The van der Waals surface area contributed by atoms with E-state index in [-0.39, 0.29) is 17.3 Å². The lowest BCUT2D eigenvalue weighted by Gasteiger charge is -2.09. The number of rotatable bonds is 3. The van der Waals surface area contributed by atoms with Gasteiger partial charge in [-0.2, -0.15) is 0 Å². The number of carbonyl (C=O) groups excluding carboxylic acids is 1. The van der Waals surface area contributed by atoms with Gasteiger partial charge < -0.3 is 5.32 Å². The fourth-order valence-corrected chi connectivity index (χ4v) is 2.32. The van der Waals surface area contributed by atoms with E-state index >= 15 is 0 Å². The van der Waals surface area contributed by atoms with E-state index in [0.29, 0.717) is 5.56 Å². The van der Waals surface area contributed by atoms with Gasteiger partial charge >= 0.3 is 0 Å². The fraction of sp³-hybridized carbons (Fsp3) is 0.133. The van der Waals surface area contributed by atoms with Gasteiger partial charge in [-0.15, -0.1) is 0 Å². The zero-order valence-electron chi connectivity index (χ0n) is 11.5. The number of nitro benzene ring substituents is 1. The normalized spacial score (nSPS) is 10.2. The van der Waals surface area contributed by atoms with Gasteiger partial charge in [0, 0.05) is 16.1 Å². The van der Waals surface area contributed by atoms with Crippen molar-refractivity contribution in [2.45, 2.75) is 13.8 Å². The Morgan fingerprint density at radius 3 is 2.62 bits per heavy atom. The van der Waals surface area contributed by atoms with Crippen LogP contribution in [0.15, 0.2) is 40.9 Å². The molecule has 6 heteroatoms. The van der Waals surface area contributed by atoms with E-state index in [0.717, 1.165) is 15.6 Å². The highest BCUT2D eigenvalue weighted by Crippen LogP contribution is 2.27. The minimum absolute atomic E-state index is 0.124. The molecule has 0 aromatic heterocycles. The molecule has 0 unspecified atom stereocenters. The zero-order valence-corrected chi connectivity index (χ0v) is 13.1. The van der Waals surface area contributed by atoms with Crippen LogP contribution >= 0.6 is 15.9 Å². The third kappa shape index (κ3) is 3.28. The molecule has 2 aromatic rings. The van der Waals surface area contributed by atoms with Gasteiger partial charge in [0.15, 0.2) is 0 Å². The second-order valence-corrected chi connectivity index (χ2v) is 5.50. The van der Waals surface area contributed by atoms with E-state index in [1.165, 1.54) is 6.07 Å². The van der Waals surface area contributed by atoms with E-state index in [1.54, 1.807) is 24.3 Å². The largest absolute Gasteiger partial charge is 0.316 e. The Hall–Kier alpha value is -2.21. The summed E-state index contributed by atoms with van der Waals surface area (Å²) >= 11 is 3.36. The van der Waals surface area contributed by atoms with Crippen molar-refractivity contribution in [2.75, 3.05) is 5.32 Å². The molecular weight excluding hydrogens is 336 g/mol. The van der Waals surface area contributed by atoms with E-state index in [4.69, 9.17) is 0 Å². The van der Waals surface area contributed by atoms with Crippen molar-refractivity contribution in [2.24, 2.45) is 0 Å². The average molecular weight is 349 g/mol. The molecule has 0 aliphatic rings. The standard InChI is InChI=1S/C15H13BrN2O3/c1-9-6-7-14(18(20)21)13(8-9)17-15(19)11-4-3-5-12(16)10(11)2/h3-8H,1-2H3,(H,17,19). The van der Waals surface area contributed by atoms with Crippen molar-refractivity contribution in [3.63, 3.8) is 0 Å². The molecule has 2 rings (SSSR count). The molecule has 1 amide bonds. The van der Waals surface area contributed by atoms with Crippen LogP contribution in [0, 0.1) is 24.0 Å². The van der Waals surface area contributed by atoms with E-state index in [1.807, 2.05) is 19.9 Å². The van der Waals surface area contributed by atoms with E-state index in [2.05, 4.69) is 21.2 Å². The zero-order chi connectivity index (χ0) is 15.6. The maximum Gasteiger partial charge on any atom is 0.292 e. The van der Waals surface area contributed by atoms with Crippen molar-refractivity contribution in [3.05, 3.63) is 67.7 Å². The number of nitro groups is 1. The first-order valence-electron chi connectivity index (χ1n) is 6.21. The molecule has 0 saturated heterocycles. The maximum atomic E-state index is 12.3. The highest BCUT2D eigenvalue weighted by Gasteiger charge is 2.18. The van der Waals surface area contributed by atoms with Crippen molar-refractivity contribution < 1.29 is 9.72 Å². The van der Waals surface area contributed by atoms with Gasteiger partial charge in [0.25, 0.3) is 11.6 Å². The van der Waals surface area contributed by atoms with Gasteiger partial charge in [-0.05, 0) is 43.2 Å². The fourth-order valence-electron chi connectivity index (χ4n) is 1.95. The summed E-state index contributed by atoms with van der Waals surface area (Å²) in [5.41, 5.74) is 2.17. The minimum Gasteiger partial charge on any atom is -0.316 e. The van der Waals surface area contributed by atoms with Crippen LogP contribution in [-0.2, 0) is 0 Å². The number of aryl methyl sites for hydroxylation is 1. The van der Waals surface area contributed by atoms with E-state index in [9.17, 15) is 14.9 Å². The second kappa shape index (κ2) is 6.05. The number of hydrogen-bond donors (Lipinski definition) is 1. The first-order valence-corrected chi connectivity index (χ1v) is 7.01. The molecule has 1 N–H and O–H groups in total. The number of nitrogens with zero attached hydrogens (tertiary/aromatic N) is 1. The number of amides is 1. The Morgan fingerprint density at radius 1 is 1.24 bits per heavy atom. The van der Waals surface area contributed by atoms with Crippen molar-refractivity contribution in [1.82, 2.24) is 0 Å².